The molecule has 1 aliphatic heterocycles. The SMILES string of the molecule is Cc1cc2oc(=O)cc(COC(=O)[C@H]3CCS(=O)(=O)C3)c2cc1C(C)C. The maximum Gasteiger partial charge on any atom is 0.336 e. The molecule has 1 aromatic heterocycles. The first-order valence-electron chi connectivity index (χ1n) is 8.60. The Balaban J connectivity index is 1.88. The number of esters is 1. The molecule has 1 fully saturated rings. The molecular formula is C19H22O6S. The summed E-state index contributed by atoms with van der Waals surface area (Å²) in [6.45, 7) is 6.03. The van der Waals surface area contributed by atoms with E-state index in [9.17, 15) is 18.0 Å². The molecule has 0 saturated carbocycles. The van der Waals surface area contributed by atoms with Crippen molar-refractivity contribution < 1.29 is 22.4 Å². The van der Waals surface area contributed by atoms with Crippen molar-refractivity contribution >= 4 is 26.8 Å². The molecule has 0 aliphatic carbocycles. The normalized spacial score (nSPS) is 19.2. The van der Waals surface area contributed by atoms with E-state index in [4.69, 9.17) is 9.15 Å². The molecule has 0 radical (unpaired) electrons. The molecule has 1 saturated heterocycles. The zero-order valence-corrected chi connectivity index (χ0v) is 15.9. The molecule has 1 aromatic carbocycles. The highest BCUT2D eigenvalue weighted by Crippen LogP contribution is 2.27. The van der Waals surface area contributed by atoms with Gasteiger partial charge in [0.2, 0.25) is 0 Å². The molecule has 140 valence electrons. The van der Waals surface area contributed by atoms with Crippen molar-refractivity contribution in [1.82, 2.24) is 0 Å². The minimum absolute atomic E-state index is 0.0155. The van der Waals surface area contributed by atoms with Gasteiger partial charge in [0.05, 0.1) is 17.4 Å². The van der Waals surface area contributed by atoms with Crippen molar-refractivity contribution in [3.05, 3.63) is 45.3 Å². The van der Waals surface area contributed by atoms with Gasteiger partial charge in [0.25, 0.3) is 0 Å². The molecular weight excluding hydrogens is 356 g/mol. The monoisotopic (exact) mass is 378 g/mol. The fourth-order valence-electron chi connectivity index (χ4n) is 3.38. The van der Waals surface area contributed by atoms with E-state index in [-0.39, 0.29) is 24.5 Å². The fraction of sp³-hybridized carbons (Fsp3) is 0.474. The topological polar surface area (TPSA) is 90.7 Å². The first-order valence-corrected chi connectivity index (χ1v) is 10.4. The molecule has 1 aliphatic rings. The van der Waals surface area contributed by atoms with E-state index in [1.165, 1.54) is 6.07 Å². The van der Waals surface area contributed by atoms with Gasteiger partial charge < -0.3 is 9.15 Å². The molecule has 0 spiro atoms. The van der Waals surface area contributed by atoms with E-state index in [0.717, 1.165) is 16.5 Å². The van der Waals surface area contributed by atoms with Crippen molar-refractivity contribution in [3.63, 3.8) is 0 Å². The number of carbonyl (C=O) groups excluding carboxylic acids is 1. The molecule has 7 heteroatoms. The average Bonchev–Trinajstić information content (AvgIpc) is 2.91. The van der Waals surface area contributed by atoms with E-state index in [1.807, 2.05) is 19.1 Å². The zero-order chi connectivity index (χ0) is 19.1. The number of rotatable bonds is 4. The Kier molecular flexibility index (Phi) is 4.92. The summed E-state index contributed by atoms with van der Waals surface area (Å²) in [5.74, 6) is -1.02. The molecule has 6 nitrogen and oxygen atoms in total. The highest BCUT2D eigenvalue weighted by atomic mass is 32.2. The molecule has 26 heavy (non-hydrogen) atoms. The Labute approximate surface area is 152 Å². The van der Waals surface area contributed by atoms with Crippen molar-refractivity contribution in [2.24, 2.45) is 5.92 Å². The smallest absolute Gasteiger partial charge is 0.336 e. The third kappa shape index (κ3) is 3.82. The van der Waals surface area contributed by atoms with Gasteiger partial charge in [-0.3, -0.25) is 4.79 Å². The minimum Gasteiger partial charge on any atom is -0.461 e. The van der Waals surface area contributed by atoms with Gasteiger partial charge in [0, 0.05) is 17.0 Å². The van der Waals surface area contributed by atoms with Crippen LogP contribution in [-0.2, 0) is 26.0 Å². The van der Waals surface area contributed by atoms with Gasteiger partial charge in [0.1, 0.15) is 12.2 Å². The minimum atomic E-state index is -3.15. The van der Waals surface area contributed by atoms with Crippen LogP contribution in [0.1, 0.15) is 42.9 Å². The van der Waals surface area contributed by atoms with Gasteiger partial charge in [-0.15, -0.1) is 0 Å². The van der Waals surface area contributed by atoms with Crippen LogP contribution < -0.4 is 5.63 Å². The van der Waals surface area contributed by atoms with Crippen LogP contribution in [0.3, 0.4) is 0 Å². The number of hydrogen-bond acceptors (Lipinski definition) is 6. The molecule has 2 heterocycles. The van der Waals surface area contributed by atoms with Gasteiger partial charge in [-0.25, -0.2) is 13.2 Å². The van der Waals surface area contributed by atoms with Crippen LogP contribution in [0.2, 0.25) is 0 Å². The lowest BCUT2D eigenvalue weighted by atomic mass is 9.95. The van der Waals surface area contributed by atoms with Crippen LogP contribution in [0.5, 0.6) is 0 Å². The summed E-state index contributed by atoms with van der Waals surface area (Å²) < 4.78 is 33.6. The summed E-state index contributed by atoms with van der Waals surface area (Å²) in [5, 5.41) is 0.728. The van der Waals surface area contributed by atoms with Crippen LogP contribution in [0, 0.1) is 12.8 Å². The molecule has 1 atom stereocenters. The Hall–Kier alpha value is -2.15. The summed E-state index contributed by atoms with van der Waals surface area (Å²) in [6, 6.07) is 5.10. The predicted octanol–water partition coefficient (Wildman–Crippen LogP) is 2.70. The van der Waals surface area contributed by atoms with Crippen molar-refractivity contribution in [2.75, 3.05) is 11.5 Å². The van der Waals surface area contributed by atoms with E-state index >= 15 is 0 Å². The summed E-state index contributed by atoms with van der Waals surface area (Å²) in [4.78, 5) is 24.0. The van der Waals surface area contributed by atoms with Crippen molar-refractivity contribution in [1.29, 1.82) is 0 Å². The summed E-state index contributed by atoms with van der Waals surface area (Å²) in [7, 11) is -3.15. The second-order valence-corrected chi connectivity index (χ2v) is 9.39. The molecule has 2 aromatic rings. The third-order valence-corrected chi connectivity index (χ3v) is 6.54. The van der Waals surface area contributed by atoms with Crippen LogP contribution >= 0.6 is 0 Å². The quantitative estimate of drug-likeness (QED) is 0.600. The molecule has 0 amide bonds. The Morgan fingerprint density at radius 2 is 2.04 bits per heavy atom. The predicted molar refractivity (Wildman–Crippen MR) is 97.9 cm³/mol. The largest absolute Gasteiger partial charge is 0.461 e. The first kappa shape index (κ1) is 18.6. The Morgan fingerprint density at radius 1 is 1.31 bits per heavy atom. The standard InChI is InChI=1S/C19H22O6S/c1-11(2)15-8-16-14(7-18(20)25-17(16)6-12(15)3)9-24-19(21)13-4-5-26(22,23)10-13/h6-8,11,13H,4-5,9-10H2,1-3H3/t13-/m0/s1. The Bertz CT molecular complexity index is 1020. The van der Waals surface area contributed by atoms with Gasteiger partial charge in [-0.05, 0) is 42.5 Å². The average molecular weight is 378 g/mol. The molecule has 0 N–H and O–H groups in total. The lowest BCUT2D eigenvalue weighted by Gasteiger charge is -2.14. The molecule has 0 unspecified atom stereocenters. The van der Waals surface area contributed by atoms with Crippen LogP contribution in [-0.4, -0.2) is 25.9 Å². The van der Waals surface area contributed by atoms with E-state index < -0.39 is 27.4 Å². The molecule has 3 rings (SSSR count). The molecule has 0 bridgehead atoms. The lowest BCUT2D eigenvalue weighted by molar-refractivity contribution is -0.148. The number of hydrogen-bond donors (Lipinski definition) is 0. The van der Waals surface area contributed by atoms with Gasteiger partial charge in [-0.2, -0.15) is 0 Å². The van der Waals surface area contributed by atoms with E-state index in [1.54, 1.807) is 0 Å². The van der Waals surface area contributed by atoms with Gasteiger partial charge in [-0.1, -0.05) is 13.8 Å². The Morgan fingerprint density at radius 3 is 2.65 bits per heavy atom. The first-order chi connectivity index (χ1) is 12.2. The lowest BCUT2D eigenvalue weighted by Crippen LogP contribution is -2.19. The number of benzene rings is 1. The number of ether oxygens (including phenoxy) is 1. The van der Waals surface area contributed by atoms with Crippen LogP contribution in [0.25, 0.3) is 11.0 Å². The number of aryl methyl sites for hydroxylation is 1. The summed E-state index contributed by atoms with van der Waals surface area (Å²) in [6.07, 6.45) is 0.287. The maximum absolute atomic E-state index is 12.2. The summed E-state index contributed by atoms with van der Waals surface area (Å²) in [5.41, 5.74) is 2.66. The third-order valence-electron chi connectivity index (χ3n) is 4.77. The van der Waals surface area contributed by atoms with Gasteiger partial charge in [0.15, 0.2) is 9.84 Å². The second kappa shape index (κ2) is 6.87. The number of sulfone groups is 1. The van der Waals surface area contributed by atoms with Crippen molar-refractivity contribution in [3.8, 4) is 0 Å². The van der Waals surface area contributed by atoms with Gasteiger partial charge >= 0.3 is 11.6 Å². The highest BCUT2D eigenvalue weighted by molar-refractivity contribution is 7.91. The number of carbonyl (C=O) groups is 1. The summed E-state index contributed by atoms with van der Waals surface area (Å²) >= 11 is 0. The van der Waals surface area contributed by atoms with E-state index in [0.29, 0.717) is 17.1 Å². The highest BCUT2D eigenvalue weighted by Gasteiger charge is 2.34. The maximum atomic E-state index is 12.2. The zero-order valence-electron chi connectivity index (χ0n) is 15.1. The fourth-order valence-corrected chi connectivity index (χ4v) is 5.11. The van der Waals surface area contributed by atoms with E-state index in [2.05, 4.69) is 13.8 Å². The van der Waals surface area contributed by atoms with Crippen LogP contribution in [0.15, 0.2) is 27.4 Å². The van der Waals surface area contributed by atoms with Crippen molar-refractivity contribution in [2.45, 2.75) is 39.7 Å². The van der Waals surface area contributed by atoms with Crippen LogP contribution in [0.4, 0.5) is 0 Å². The number of fused-ring (bicyclic) bond motifs is 1. The second-order valence-electron chi connectivity index (χ2n) is 7.16.